The van der Waals surface area contributed by atoms with Crippen molar-refractivity contribution in [3.63, 3.8) is 0 Å². The number of esters is 1. The Balaban J connectivity index is 1.51. The smallest absolute Gasteiger partial charge is 0.308 e. The number of nitrogens with zero attached hydrogens (tertiary/aromatic N) is 1. The summed E-state index contributed by atoms with van der Waals surface area (Å²) in [5, 5.41) is 8.60. The average molecular weight is 431 g/mol. The molecular weight excluding hydrogens is 410 g/mol. The van der Waals surface area contributed by atoms with Crippen molar-refractivity contribution >= 4 is 40.7 Å². The number of para-hydroxylation sites is 2. The van der Waals surface area contributed by atoms with E-state index in [0.717, 1.165) is 0 Å². The SMILES string of the molecule is CNC(=O)C1CN(C(=O)COC(=O)CCNC(=O)c2ccsc2)c2ccccc2O1. The summed E-state index contributed by atoms with van der Waals surface area (Å²) in [7, 11) is 1.48. The number of hydrogen-bond donors (Lipinski definition) is 2. The maximum Gasteiger partial charge on any atom is 0.308 e. The van der Waals surface area contributed by atoms with Crippen LogP contribution in [-0.2, 0) is 19.1 Å². The number of benzene rings is 1. The Bertz CT molecular complexity index is 930. The van der Waals surface area contributed by atoms with Crippen LogP contribution in [0.5, 0.6) is 5.75 Å². The van der Waals surface area contributed by atoms with Crippen molar-refractivity contribution in [2.75, 3.05) is 31.6 Å². The number of hydrogen-bond acceptors (Lipinski definition) is 7. The lowest BCUT2D eigenvalue weighted by molar-refractivity contribution is -0.148. The van der Waals surface area contributed by atoms with E-state index >= 15 is 0 Å². The Hall–Kier alpha value is -3.40. The molecule has 1 aliphatic heterocycles. The number of likely N-dealkylation sites (N-methyl/N-ethyl adjacent to an activating group) is 1. The Morgan fingerprint density at radius 1 is 1.23 bits per heavy atom. The molecule has 0 spiro atoms. The summed E-state index contributed by atoms with van der Waals surface area (Å²) in [5.41, 5.74) is 1.03. The average Bonchev–Trinajstić information content (AvgIpc) is 3.31. The minimum absolute atomic E-state index is 0.00374. The summed E-state index contributed by atoms with van der Waals surface area (Å²) in [6.45, 7) is -0.378. The molecule has 1 unspecified atom stereocenters. The fourth-order valence-corrected chi connectivity index (χ4v) is 3.47. The van der Waals surface area contributed by atoms with Gasteiger partial charge in [-0.3, -0.25) is 19.2 Å². The molecule has 0 radical (unpaired) electrons. The summed E-state index contributed by atoms with van der Waals surface area (Å²) < 4.78 is 10.7. The topological polar surface area (TPSA) is 114 Å². The minimum Gasteiger partial charge on any atom is -0.477 e. The Morgan fingerprint density at radius 2 is 2.03 bits per heavy atom. The van der Waals surface area contributed by atoms with Gasteiger partial charge in [-0.25, -0.2) is 0 Å². The number of fused-ring (bicyclic) bond motifs is 1. The second-order valence-corrected chi connectivity index (χ2v) is 7.15. The Morgan fingerprint density at radius 3 is 2.77 bits per heavy atom. The van der Waals surface area contributed by atoms with Gasteiger partial charge in [0, 0.05) is 24.5 Å². The van der Waals surface area contributed by atoms with E-state index in [0.29, 0.717) is 17.0 Å². The number of carbonyl (C=O) groups excluding carboxylic acids is 4. The lowest BCUT2D eigenvalue weighted by atomic mass is 10.1. The molecule has 3 amide bonds. The molecule has 1 aliphatic rings. The second kappa shape index (κ2) is 9.88. The molecule has 0 saturated heterocycles. The first-order valence-electron chi connectivity index (χ1n) is 9.23. The summed E-state index contributed by atoms with van der Waals surface area (Å²) in [6, 6.07) is 8.51. The number of amides is 3. The van der Waals surface area contributed by atoms with Gasteiger partial charge in [0.1, 0.15) is 5.75 Å². The molecule has 1 aromatic heterocycles. The first-order valence-corrected chi connectivity index (χ1v) is 10.2. The van der Waals surface area contributed by atoms with Crippen LogP contribution in [0.4, 0.5) is 5.69 Å². The van der Waals surface area contributed by atoms with Gasteiger partial charge in [0.2, 0.25) is 0 Å². The van der Waals surface area contributed by atoms with E-state index in [4.69, 9.17) is 9.47 Å². The van der Waals surface area contributed by atoms with E-state index in [9.17, 15) is 19.2 Å². The number of anilines is 1. The maximum atomic E-state index is 12.7. The van der Waals surface area contributed by atoms with E-state index in [2.05, 4.69) is 10.6 Å². The van der Waals surface area contributed by atoms with Gasteiger partial charge >= 0.3 is 5.97 Å². The van der Waals surface area contributed by atoms with Gasteiger partial charge in [0.25, 0.3) is 17.7 Å². The molecule has 0 aliphatic carbocycles. The molecule has 1 aromatic carbocycles. The van der Waals surface area contributed by atoms with Crippen LogP contribution >= 0.6 is 11.3 Å². The molecule has 158 valence electrons. The fourth-order valence-electron chi connectivity index (χ4n) is 2.83. The first-order chi connectivity index (χ1) is 14.5. The molecule has 2 N–H and O–H groups in total. The summed E-state index contributed by atoms with van der Waals surface area (Å²) in [5.74, 6) is -1.33. The number of thiophene rings is 1. The number of ether oxygens (including phenoxy) is 2. The van der Waals surface area contributed by atoms with Gasteiger partial charge < -0.3 is 25.0 Å². The van der Waals surface area contributed by atoms with Crippen molar-refractivity contribution in [3.8, 4) is 5.75 Å². The van der Waals surface area contributed by atoms with Crippen molar-refractivity contribution in [1.29, 1.82) is 0 Å². The third-order valence-electron chi connectivity index (χ3n) is 4.37. The molecule has 0 bridgehead atoms. The highest BCUT2D eigenvalue weighted by Gasteiger charge is 2.33. The van der Waals surface area contributed by atoms with Gasteiger partial charge in [-0.2, -0.15) is 11.3 Å². The van der Waals surface area contributed by atoms with Crippen LogP contribution < -0.4 is 20.3 Å². The molecule has 3 rings (SSSR count). The van der Waals surface area contributed by atoms with Crippen molar-refractivity contribution < 1.29 is 28.7 Å². The zero-order valence-corrected chi connectivity index (χ0v) is 17.1. The zero-order chi connectivity index (χ0) is 21.5. The van der Waals surface area contributed by atoms with E-state index in [-0.39, 0.29) is 31.3 Å². The largest absolute Gasteiger partial charge is 0.477 e. The van der Waals surface area contributed by atoms with Gasteiger partial charge in [-0.1, -0.05) is 12.1 Å². The number of rotatable bonds is 7. The number of carbonyl (C=O) groups is 4. The van der Waals surface area contributed by atoms with Crippen LogP contribution in [0, 0.1) is 0 Å². The zero-order valence-electron chi connectivity index (χ0n) is 16.3. The van der Waals surface area contributed by atoms with E-state index < -0.39 is 24.6 Å². The molecule has 1 atom stereocenters. The normalized spacial score (nSPS) is 14.8. The lowest BCUT2D eigenvalue weighted by Crippen LogP contribution is -2.51. The van der Waals surface area contributed by atoms with E-state index in [1.165, 1.54) is 23.3 Å². The van der Waals surface area contributed by atoms with Crippen LogP contribution in [0.2, 0.25) is 0 Å². The standard InChI is InChI=1S/C20H21N3O6S/c1-21-20(27)16-10-23(14-4-2-3-5-15(14)29-16)17(24)11-28-18(25)6-8-22-19(26)13-7-9-30-12-13/h2-5,7,9,12,16H,6,8,10-11H2,1H3,(H,21,27)(H,22,26). The van der Waals surface area contributed by atoms with Crippen molar-refractivity contribution in [1.82, 2.24) is 10.6 Å². The van der Waals surface area contributed by atoms with E-state index in [1.807, 2.05) is 0 Å². The minimum atomic E-state index is -0.864. The van der Waals surface area contributed by atoms with Crippen LogP contribution in [-0.4, -0.2) is 56.5 Å². The second-order valence-electron chi connectivity index (χ2n) is 6.37. The lowest BCUT2D eigenvalue weighted by Gasteiger charge is -2.33. The molecule has 2 aromatic rings. The summed E-state index contributed by atoms with van der Waals surface area (Å²) >= 11 is 1.40. The molecule has 30 heavy (non-hydrogen) atoms. The third kappa shape index (κ3) is 5.15. The van der Waals surface area contributed by atoms with Crippen LogP contribution in [0.25, 0.3) is 0 Å². The Labute approximate surface area is 177 Å². The van der Waals surface area contributed by atoms with Crippen LogP contribution in [0.3, 0.4) is 0 Å². The van der Waals surface area contributed by atoms with Gasteiger partial charge in [0.05, 0.1) is 18.7 Å². The van der Waals surface area contributed by atoms with Crippen LogP contribution in [0.15, 0.2) is 41.1 Å². The van der Waals surface area contributed by atoms with Gasteiger partial charge in [-0.15, -0.1) is 0 Å². The number of nitrogens with one attached hydrogen (secondary N) is 2. The summed E-state index contributed by atoms with van der Waals surface area (Å²) in [4.78, 5) is 49.8. The quantitative estimate of drug-likeness (QED) is 0.631. The van der Waals surface area contributed by atoms with E-state index in [1.54, 1.807) is 41.1 Å². The fraction of sp³-hybridized carbons (Fsp3) is 0.300. The maximum absolute atomic E-state index is 12.7. The van der Waals surface area contributed by atoms with Crippen molar-refractivity contribution in [2.24, 2.45) is 0 Å². The van der Waals surface area contributed by atoms with Crippen molar-refractivity contribution in [2.45, 2.75) is 12.5 Å². The monoisotopic (exact) mass is 431 g/mol. The molecule has 2 heterocycles. The first kappa shape index (κ1) is 21.3. The molecule has 9 nitrogen and oxygen atoms in total. The van der Waals surface area contributed by atoms with Crippen LogP contribution in [0.1, 0.15) is 16.8 Å². The predicted octanol–water partition coefficient (Wildman–Crippen LogP) is 0.951. The highest BCUT2D eigenvalue weighted by atomic mass is 32.1. The predicted molar refractivity (Wildman–Crippen MR) is 110 cm³/mol. The third-order valence-corrected chi connectivity index (χ3v) is 5.05. The highest BCUT2D eigenvalue weighted by Crippen LogP contribution is 2.33. The summed E-state index contributed by atoms with van der Waals surface area (Å²) in [6.07, 6.45) is -0.930. The van der Waals surface area contributed by atoms with Gasteiger partial charge in [0.15, 0.2) is 12.7 Å². The highest BCUT2D eigenvalue weighted by molar-refractivity contribution is 7.08. The Kier molecular flexibility index (Phi) is 7.02. The molecule has 10 heteroatoms. The van der Waals surface area contributed by atoms with Crippen molar-refractivity contribution in [3.05, 3.63) is 46.7 Å². The van der Waals surface area contributed by atoms with Gasteiger partial charge in [-0.05, 0) is 23.6 Å². The molecular formula is C20H21N3O6S. The molecule has 0 saturated carbocycles. The molecule has 0 fully saturated rings.